The molecular weight excluding hydrogens is 230 g/mol. The number of likely N-dealkylation sites (N-methyl/N-ethyl adjacent to an activating group) is 2. The standard InChI is InChI=1S/C13H15N3O2/c1-9(17)14-13-12(18)11(15(2)16(13)3)10-7-5-4-6-8-10/h4-8,11H,1-3H3/t11-/m0/s1. The van der Waals surface area contributed by atoms with Gasteiger partial charge < -0.3 is 0 Å². The molecule has 1 aromatic carbocycles. The number of hydrazine groups is 1. The molecule has 0 saturated carbocycles. The second kappa shape index (κ2) is 4.70. The van der Waals surface area contributed by atoms with E-state index in [-0.39, 0.29) is 17.5 Å². The fraction of sp³-hybridized carbons (Fsp3) is 0.308. The van der Waals surface area contributed by atoms with Crippen molar-refractivity contribution in [2.75, 3.05) is 14.1 Å². The van der Waals surface area contributed by atoms with Crippen LogP contribution in [-0.2, 0) is 9.59 Å². The third-order valence-corrected chi connectivity index (χ3v) is 3.00. The molecule has 1 aliphatic rings. The summed E-state index contributed by atoms with van der Waals surface area (Å²) < 4.78 is 0. The van der Waals surface area contributed by atoms with Crippen LogP contribution in [0.3, 0.4) is 0 Å². The molecule has 1 aromatic rings. The van der Waals surface area contributed by atoms with Crippen molar-refractivity contribution in [3.63, 3.8) is 0 Å². The van der Waals surface area contributed by atoms with Gasteiger partial charge >= 0.3 is 0 Å². The number of rotatable bonds is 1. The van der Waals surface area contributed by atoms with Crippen LogP contribution in [0, 0.1) is 0 Å². The molecule has 2 rings (SSSR count). The van der Waals surface area contributed by atoms with Gasteiger partial charge in [0.25, 0.3) is 0 Å². The quantitative estimate of drug-likeness (QED) is 0.741. The van der Waals surface area contributed by atoms with Crippen molar-refractivity contribution in [1.29, 1.82) is 0 Å². The first-order chi connectivity index (χ1) is 8.52. The molecule has 0 unspecified atom stereocenters. The molecule has 5 heteroatoms. The minimum atomic E-state index is -0.408. The lowest BCUT2D eigenvalue weighted by Gasteiger charge is -2.24. The summed E-state index contributed by atoms with van der Waals surface area (Å²) in [5.74, 6) is -0.326. The van der Waals surface area contributed by atoms with Gasteiger partial charge in [0.1, 0.15) is 6.04 Å². The van der Waals surface area contributed by atoms with E-state index in [1.165, 1.54) is 6.92 Å². The van der Waals surface area contributed by atoms with E-state index in [1.807, 2.05) is 30.3 Å². The summed E-state index contributed by atoms with van der Waals surface area (Å²) in [6, 6.07) is 9.05. The number of carbonyl (C=O) groups is 2. The molecule has 1 heterocycles. The summed E-state index contributed by atoms with van der Waals surface area (Å²) >= 11 is 0. The van der Waals surface area contributed by atoms with Crippen molar-refractivity contribution in [2.24, 2.45) is 4.99 Å². The zero-order valence-corrected chi connectivity index (χ0v) is 10.6. The van der Waals surface area contributed by atoms with Gasteiger partial charge in [-0.2, -0.15) is 4.99 Å². The Labute approximate surface area is 106 Å². The minimum Gasteiger partial charge on any atom is -0.289 e. The average molecular weight is 245 g/mol. The van der Waals surface area contributed by atoms with E-state index in [1.54, 1.807) is 24.1 Å². The van der Waals surface area contributed by atoms with Crippen molar-refractivity contribution < 1.29 is 9.59 Å². The monoisotopic (exact) mass is 245 g/mol. The van der Waals surface area contributed by atoms with Crippen LogP contribution < -0.4 is 0 Å². The van der Waals surface area contributed by atoms with Crippen LogP contribution in [0.25, 0.3) is 0 Å². The number of amides is 1. The normalized spacial score (nSPS) is 22.8. The van der Waals surface area contributed by atoms with Crippen LogP contribution in [0.5, 0.6) is 0 Å². The lowest BCUT2D eigenvalue weighted by molar-refractivity contribution is -0.117. The molecule has 94 valence electrons. The van der Waals surface area contributed by atoms with Gasteiger partial charge in [0, 0.05) is 21.0 Å². The predicted molar refractivity (Wildman–Crippen MR) is 67.8 cm³/mol. The highest BCUT2D eigenvalue weighted by molar-refractivity contribution is 6.43. The van der Waals surface area contributed by atoms with Crippen LogP contribution in [-0.4, -0.2) is 41.6 Å². The summed E-state index contributed by atoms with van der Waals surface area (Å²) in [4.78, 5) is 27.1. The van der Waals surface area contributed by atoms with E-state index in [0.29, 0.717) is 0 Å². The summed E-state index contributed by atoms with van der Waals surface area (Å²) in [6.07, 6.45) is 0. The third kappa shape index (κ3) is 2.04. The molecule has 5 nitrogen and oxygen atoms in total. The third-order valence-electron chi connectivity index (χ3n) is 3.00. The SMILES string of the molecule is CC(=O)N=C1C(=O)[C@H](c2ccccc2)N(C)N1C. The van der Waals surface area contributed by atoms with Gasteiger partial charge in [-0.3, -0.25) is 14.6 Å². The predicted octanol–water partition coefficient (Wildman–Crippen LogP) is 1.03. The number of Topliss-reactive ketones (excluding diaryl/α,β-unsaturated/α-hetero) is 1. The molecule has 0 N–H and O–H groups in total. The Balaban J connectivity index is 2.41. The van der Waals surface area contributed by atoms with Crippen molar-refractivity contribution in [3.8, 4) is 0 Å². The van der Waals surface area contributed by atoms with Crippen LogP contribution in [0.4, 0.5) is 0 Å². The number of amidine groups is 1. The fourth-order valence-corrected chi connectivity index (χ4v) is 2.05. The molecule has 18 heavy (non-hydrogen) atoms. The topological polar surface area (TPSA) is 53.0 Å². The van der Waals surface area contributed by atoms with Crippen molar-refractivity contribution >= 4 is 17.5 Å². The maximum Gasteiger partial charge on any atom is 0.244 e. The highest BCUT2D eigenvalue weighted by Gasteiger charge is 2.40. The first-order valence-corrected chi connectivity index (χ1v) is 5.67. The number of nitrogens with zero attached hydrogens (tertiary/aromatic N) is 3. The van der Waals surface area contributed by atoms with E-state index in [2.05, 4.69) is 4.99 Å². The summed E-state index contributed by atoms with van der Waals surface area (Å²) in [5.41, 5.74) is 0.894. The van der Waals surface area contributed by atoms with Gasteiger partial charge in [-0.25, -0.2) is 5.01 Å². The molecule has 1 saturated heterocycles. The van der Waals surface area contributed by atoms with Crippen LogP contribution >= 0.6 is 0 Å². The summed E-state index contributed by atoms with van der Waals surface area (Å²) in [6.45, 7) is 1.34. The number of benzene rings is 1. The number of hydrogen-bond donors (Lipinski definition) is 0. The Morgan fingerprint density at radius 2 is 1.83 bits per heavy atom. The second-order valence-corrected chi connectivity index (χ2v) is 4.23. The van der Waals surface area contributed by atoms with E-state index >= 15 is 0 Å². The van der Waals surface area contributed by atoms with E-state index in [0.717, 1.165) is 5.56 Å². The Morgan fingerprint density at radius 1 is 1.22 bits per heavy atom. The van der Waals surface area contributed by atoms with Gasteiger partial charge in [-0.1, -0.05) is 30.3 Å². The van der Waals surface area contributed by atoms with Gasteiger partial charge in [0.2, 0.25) is 11.7 Å². The van der Waals surface area contributed by atoms with Crippen molar-refractivity contribution in [2.45, 2.75) is 13.0 Å². The molecule has 1 atom stereocenters. The van der Waals surface area contributed by atoms with Gasteiger partial charge in [-0.15, -0.1) is 0 Å². The molecule has 0 aliphatic carbocycles. The molecular formula is C13H15N3O2. The average Bonchev–Trinajstić information content (AvgIpc) is 2.54. The van der Waals surface area contributed by atoms with Crippen LogP contribution in [0.1, 0.15) is 18.5 Å². The smallest absolute Gasteiger partial charge is 0.244 e. The Kier molecular flexibility index (Phi) is 3.25. The van der Waals surface area contributed by atoms with Gasteiger partial charge in [-0.05, 0) is 5.56 Å². The highest BCUT2D eigenvalue weighted by atomic mass is 16.2. The summed E-state index contributed by atoms with van der Waals surface area (Å²) in [7, 11) is 3.53. The molecule has 0 aromatic heterocycles. The summed E-state index contributed by atoms with van der Waals surface area (Å²) in [5, 5.41) is 3.39. The van der Waals surface area contributed by atoms with Crippen molar-refractivity contribution in [3.05, 3.63) is 35.9 Å². The van der Waals surface area contributed by atoms with Crippen molar-refractivity contribution in [1.82, 2.24) is 10.0 Å². The van der Waals surface area contributed by atoms with E-state index in [9.17, 15) is 9.59 Å². The first kappa shape index (κ1) is 12.4. The Morgan fingerprint density at radius 3 is 2.39 bits per heavy atom. The Bertz CT molecular complexity index is 510. The van der Waals surface area contributed by atoms with E-state index in [4.69, 9.17) is 0 Å². The zero-order chi connectivity index (χ0) is 13.3. The maximum absolute atomic E-state index is 12.3. The molecule has 1 fully saturated rings. The zero-order valence-electron chi connectivity index (χ0n) is 10.6. The number of carbonyl (C=O) groups excluding carboxylic acids is 2. The fourth-order valence-electron chi connectivity index (χ4n) is 2.05. The number of hydrogen-bond acceptors (Lipinski definition) is 3. The van der Waals surface area contributed by atoms with Gasteiger partial charge in [0.15, 0.2) is 5.84 Å². The lowest BCUT2D eigenvalue weighted by Crippen LogP contribution is -2.33. The highest BCUT2D eigenvalue weighted by Crippen LogP contribution is 2.28. The van der Waals surface area contributed by atoms with Gasteiger partial charge in [0.05, 0.1) is 0 Å². The Hall–Kier alpha value is -2.01. The molecule has 0 radical (unpaired) electrons. The molecule has 1 aliphatic heterocycles. The largest absolute Gasteiger partial charge is 0.289 e. The lowest BCUT2D eigenvalue weighted by atomic mass is 10.0. The van der Waals surface area contributed by atoms with E-state index < -0.39 is 6.04 Å². The maximum atomic E-state index is 12.3. The number of aliphatic imine (C=N–C) groups is 1. The molecule has 0 spiro atoms. The number of ketones is 1. The minimum absolute atomic E-state index is 0.151. The first-order valence-electron chi connectivity index (χ1n) is 5.67. The second-order valence-electron chi connectivity index (χ2n) is 4.23. The molecule has 1 amide bonds. The van der Waals surface area contributed by atoms with Crippen LogP contribution in [0.2, 0.25) is 0 Å². The molecule has 0 bridgehead atoms. The van der Waals surface area contributed by atoms with Crippen LogP contribution in [0.15, 0.2) is 35.3 Å².